The van der Waals surface area contributed by atoms with Crippen LogP contribution in [0.25, 0.3) is 0 Å². The van der Waals surface area contributed by atoms with E-state index in [1.807, 2.05) is 0 Å². The zero-order valence-electron chi connectivity index (χ0n) is 9.59. The summed E-state index contributed by atoms with van der Waals surface area (Å²) in [5.74, 6) is 0.999. The van der Waals surface area contributed by atoms with Crippen molar-refractivity contribution in [3.05, 3.63) is 0 Å². The second kappa shape index (κ2) is 4.97. The smallest absolute Gasteiger partial charge is 0.234 e. The Kier molecular flexibility index (Phi) is 3.62. The second-order valence-corrected chi connectivity index (χ2v) is 5.06. The van der Waals surface area contributed by atoms with E-state index in [-0.39, 0.29) is 5.91 Å². The van der Waals surface area contributed by atoms with Crippen molar-refractivity contribution in [3.63, 3.8) is 0 Å². The molecule has 0 heterocycles. The predicted molar refractivity (Wildman–Crippen MR) is 60.6 cm³/mol. The number of carbonyl (C=O) groups is 1. The second-order valence-electron chi connectivity index (χ2n) is 5.06. The molecule has 86 valence electrons. The Bertz CT molecular complexity index is 220. The van der Waals surface area contributed by atoms with E-state index >= 15 is 0 Å². The van der Waals surface area contributed by atoms with Crippen LogP contribution in [0.2, 0.25) is 0 Å². The lowest BCUT2D eigenvalue weighted by Crippen LogP contribution is -2.42. The van der Waals surface area contributed by atoms with Gasteiger partial charge in [-0.1, -0.05) is 12.8 Å². The Morgan fingerprint density at radius 1 is 1.27 bits per heavy atom. The molecule has 2 N–H and O–H groups in total. The fraction of sp³-hybridized carbons (Fsp3) is 0.917. The first kappa shape index (κ1) is 10.9. The van der Waals surface area contributed by atoms with Crippen LogP contribution in [-0.2, 0) is 4.79 Å². The molecular weight excluding hydrogens is 188 g/mol. The number of amides is 1. The molecule has 0 spiro atoms. The number of hydrogen-bond donors (Lipinski definition) is 2. The van der Waals surface area contributed by atoms with Gasteiger partial charge >= 0.3 is 0 Å². The first-order valence-corrected chi connectivity index (χ1v) is 6.28. The molecule has 0 aromatic rings. The van der Waals surface area contributed by atoms with Crippen LogP contribution >= 0.6 is 0 Å². The SMILES string of the molecule is CC(NCC(=O)NC1CCCC1)C1CC1. The Balaban J connectivity index is 1.59. The summed E-state index contributed by atoms with van der Waals surface area (Å²) in [6.45, 7) is 2.68. The maximum absolute atomic E-state index is 11.6. The molecular formula is C12H22N2O. The van der Waals surface area contributed by atoms with Crippen molar-refractivity contribution in [3.8, 4) is 0 Å². The molecule has 1 unspecified atom stereocenters. The first-order valence-electron chi connectivity index (χ1n) is 6.28. The standard InChI is InChI=1S/C12H22N2O/c1-9(10-6-7-10)13-8-12(15)14-11-4-2-3-5-11/h9-11,13H,2-8H2,1H3,(H,14,15). The van der Waals surface area contributed by atoms with Gasteiger partial charge in [0.15, 0.2) is 0 Å². The van der Waals surface area contributed by atoms with Gasteiger partial charge in [-0.25, -0.2) is 0 Å². The molecule has 3 heteroatoms. The van der Waals surface area contributed by atoms with E-state index in [4.69, 9.17) is 0 Å². The lowest BCUT2D eigenvalue weighted by atomic mass is 10.2. The summed E-state index contributed by atoms with van der Waals surface area (Å²) in [7, 11) is 0. The minimum atomic E-state index is 0.175. The van der Waals surface area contributed by atoms with Gasteiger partial charge in [0.05, 0.1) is 6.54 Å². The third-order valence-electron chi connectivity index (χ3n) is 3.63. The lowest BCUT2D eigenvalue weighted by Gasteiger charge is -2.15. The molecule has 0 radical (unpaired) electrons. The third kappa shape index (κ3) is 3.49. The summed E-state index contributed by atoms with van der Waals surface area (Å²) in [5, 5.41) is 6.40. The third-order valence-corrected chi connectivity index (χ3v) is 3.63. The minimum absolute atomic E-state index is 0.175. The molecule has 0 aromatic heterocycles. The minimum Gasteiger partial charge on any atom is -0.352 e. The van der Waals surface area contributed by atoms with E-state index in [0.717, 1.165) is 5.92 Å². The Labute approximate surface area is 92.0 Å². The van der Waals surface area contributed by atoms with E-state index in [0.29, 0.717) is 18.6 Å². The Hall–Kier alpha value is -0.570. The largest absolute Gasteiger partial charge is 0.352 e. The van der Waals surface area contributed by atoms with Crippen LogP contribution in [0.15, 0.2) is 0 Å². The molecule has 15 heavy (non-hydrogen) atoms. The highest BCUT2D eigenvalue weighted by Gasteiger charge is 2.27. The van der Waals surface area contributed by atoms with Crippen LogP contribution in [0, 0.1) is 5.92 Å². The first-order chi connectivity index (χ1) is 7.25. The van der Waals surface area contributed by atoms with Gasteiger partial charge in [-0.3, -0.25) is 4.79 Å². The molecule has 1 amide bonds. The van der Waals surface area contributed by atoms with Gasteiger partial charge in [-0.15, -0.1) is 0 Å². The molecule has 0 aromatic carbocycles. The highest BCUT2D eigenvalue weighted by atomic mass is 16.1. The molecule has 0 bridgehead atoms. The van der Waals surface area contributed by atoms with E-state index < -0.39 is 0 Å². The van der Waals surface area contributed by atoms with Crippen LogP contribution in [0.3, 0.4) is 0 Å². The van der Waals surface area contributed by atoms with Crippen molar-refractivity contribution < 1.29 is 4.79 Å². The van der Waals surface area contributed by atoms with Crippen molar-refractivity contribution in [1.29, 1.82) is 0 Å². The van der Waals surface area contributed by atoms with E-state index in [1.54, 1.807) is 0 Å². The summed E-state index contributed by atoms with van der Waals surface area (Å²) in [4.78, 5) is 11.6. The van der Waals surface area contributed by atoms with Crippen LogP contribution in [0.1, 0.15) is 45.4 Å². The number of rotatable bonds is 5. The van der Waals surface area contributed by atoms with Crippen LogP contribution < -0.4 is 10.6 Å². The predicted octanol–water partition coefficient (Wildman–Crippen LogP) is 1.43. The average molecular weight is 210 g/mol. The van der Waals surface area contributed by atoms with Crippen molar-refractivity contribution in [2.75, 3.05) is 6.54 Å². The summed E-state index contributed by atoms with van der Waals surface area (Å²) in [5.41, 5.74) is 0. The van der Waals surface area contributed by atoms with E-state index in [2.05, 4.69) is 17.6 Å². The van der Waals surface area contributed by atoms with Crippen molar-refractivity contribution in [1.82, 2.24) is 10.6 Å². The van der Waals surface area contributed by atoms with Gasteiger partial charge < -0.3 is 10.6 Å². The highest BCUT2D eigenvalue weighted by molar-refractivity contribution is 5.78. The van der Waals surface area contributed by atoms with Crippen molar-refractivity contribution in [2.24, 2.45) is 5.92 Å². The highest BCUT2D eigenvalue weighted by Crippen LogP contribution is 2.32. The lowest BCUT2D eigenvalue weighted by molar-refractivity contribution is -0.121. The molecule has 0 aliphatic heterocycles. The molecule has 1 atom stereocenters. The zero-order valence-corrected chi connectivity index (χ0v) is 9.59. The zero-order chi connectivity index (χ0) is 10.7. The Morgan fingerprint density at radius 3 is 2.53 bits per heavy atom. The van der Waals surface area contributed by atoms with Gasteiger partial charge in [0.2, 0.25) is 5.91 Å². The molecule has 2 saturated carbocycles. The Morgan fingerprint density at radius 2 is 1.93 bits per heavy atom. The quantitative estimate of drug-likeness (QED) is 0.721. The molecule has 2 rings (SSSR count). The normalized spacial score (nSPS) is 24.1. The van der Waals surface area contributed by atoms with Crippen LogP contribution in [0.5, 0.6) is 0 Å². The topological polar surface area (TPSA) is 41.1 Å². The molecule has 2 fully saturated rings. The molecule has 0 saturated heterocycles. The van der Waals surface area contributed by atoms with Crippen LogP contribution in [-0.4, -0.2) is 24.5 Å². The van der Waals surface area contributed by atoms with Gasteiger partial charge in [0, 0.05) is 12.1 Å². The van der Waals surface area contributed by atoms with Gasteiger partial charge in [-0.2, -0.15) is 0 Å². The van der Waals surface area contributed by atoms with Crippen molar-refractivity contribution >= 4 is 5.91 Å². The maximum atomic E-state index is 11.6. The summed E-state index contributed by atoms with van der Waals surface area (Å²) in [6, 6.07) is 0.967. The average Bonchev–Trinajstić information content (AvgIpc) is 2.95. The van der Waals surface area contributed by atoms with Gasteiger partial charge in [0.25, 0.3) is 0 Å². The monoisotopic (exact) mass is 210 g/mol. The molecule has 2 aliphatic rings. The summed E-state index contributed by atoms with van der Waals surface area (Å²) in [6.07, 6.45) is 7.55. The number of nitrogens with one attached hydrogen (secondary N) is 2. The van der Waals surface area contributed by atoms with Gasteiger partial charge in [-0.05, 0) is 38.5 Å². The van der Waals surface area contributed by atoms with Gasteiger partial charge in [0.1, 0.15) is 0 Å². The fourth-order valence-electron chi connectivity index (χ4n) is 2.37. The van der Waals surface area contributed by atoms with E-state index in [9.17, 15) is 4.79 Å². The number of hydrogen-bond acceptors (Lipinski definition) is 2. The summed E-state index contributed by atoms with van der Waals surface area (Å²) >= 11 is 0. The summed E-state index contributed by atoms with van der Waals surface area (Å²) < 4.78 is 0. The van der Waals surface area contributed by atoms with Crippen LogP contribution in [0.4, 0.5) is 0 Å². The fourth-order valence-corrected chi connectivity index (χ4v) is 2.37. The molecule has 3 nitrogen and oxygen atoms in total. The van der Waals surface area contributed by atoms with Crippen molar-refractivity contribution in [2.45, 2.75) is 57.5 Å². The van der Waals surface area contributed by atoms with E-state index in [1.165, 1.54) is 38.5 Å². The maximum Gasteiger partial charge on any atom is 0.234 e. The molecule has 2 aliphatic carbocycles. The number of carbonyl (C=O) groups excluding carboxylic acids is 1.